The summed E-state index contributed by atoms with van der Waals surface area (Å²) in [4.78, 5) is 0.904. The van der Waals surface area contributed by atoms with Crippen LogP contribution in [0.1, 0.15) is 10.4 Å². The van der Waals surface area contributed by atoms with Crippen molar-refractivity contribution >= 4 is 43.0 Å². The van der Waals surface area contributed by atoms with Crippen molar-refractivity contribution in [2.24, 2.45) is 5.73 Å². The van der Waals surface area contributed by atoms with Crippen molar-refractivity contribution in [1.29, 1.82) is 0 Å². The number of rotatable bonds is 5. The van der Waals surface area contributed by atoms with Crippen LogP contribution < -0.4 is 15.2 Å². The van der Waals surface area contributed by atoms with Crippen molar-refractivity contribution in [1.82, 2.24) is 0 Å². The second-order valence-electron chi connectivity index (χ2n) is 4.33. The highest BCUT2D eigenvalue weighted by Gasteiger charge is 2.22. The molecule has 0 aliphatic heterocycles. The van der Waals surface area contributed by atoms with Crippen LogP contribution in [-0.4, -0.2) is 15.5 Å². The summed E-state index contributed by atoms with van der Waals surface area (Å²) < 4.78 is 33.5. The van der Waals surface area contributed by atoms with Crippen LogP contribution in [0.2, 0.25) is 0 Å². The molecule has 0 amide bonds. The number of halogens is 1. The van der Waals surface area contributed by atoms with Crippen molar-refractivity contribution < 1.29 is 13.2 Å². The average Bonchev–Trinajstić information content (AvgIpc) is 2.82. The van der Waals surface area contributed by atoms with Gasteiger partial charge in [-0.15, -0.1) is 11.3 Å². The van der Waals surface area contributed by atoms with Gasteiger partial charge in [-0.1, -0.05) is 0 Å². The molecule has 0 unspecified atom stereocenters. The lowest BCUT2D eigenvalue weighted by Crippen LogP contribution is -2.15. The second kappa shape index (κ2) is 6.35. The van der Waals surface area contributed by atoms with Crippen LogP contribution in [0.4, 0.5) is 5.69 Å². The van der Waals surface area contributed by atoms with Gasteiger partial charge >= 0.3 is 0 Å². The summed E-state index contributed by atoms with van der Waals surface area (Å²) in [6.07, 6.45) is 0. The minimum atomic E-state index is -3.67. The lowest BCUT2D eigenvalue weighted by molar-refractivity contribution is 0.412. The molecule has 0 fully saturated rings. The zero-order valence-electron chi connectivity index (χ0n) is 11.5. The van der Waals surface area contributed by atoms with Gasteiger partial charge in [0.2, 0.25) is 0 Å². The third-order valence-corrected chi connectivity index (χ3v) is 6.37. The van der Waals surface area contributed by atoms with Crippen LogP contribution in [0.25, 0.3) is 0 Å². The molecule has 0 atom stereocenters. The highest BCUT2D eigenvalue weighted by atomic mass is 79.9. The Morgan fingerprint density at radius 2 is 2.14 bits per heavy atom. The SMILES string of the molecule is COc1cc(NS(=O)(=O)c2c(C)csc2CN)ccc1Br. The van der Waals surface area contributed by atoms with E-state index in [1.165, 1.54) is 18.4 Å². The van der Waals surface area contributed by atoms with Gasteiger partial charge in [0.15, 0.2) is 0 Å². The van der Waals surface area contributed by atoms with Crippen molar-refractivity contribution in [3.05, 3.63) is 38.5 Å². The fourth-order valence-corrected chi connectivity index (χ4v) is 5.08. The Balaban J connectivity index is 2.40. The summed E-state index contributed by atoms with van der Waals surface area (Å²) in [6.45, 7) is 1.95. The Morgan fingerprint density at radius 1 is 1.43 bits per heavy atom. The van der Waals surface area contributed by atoms with Crippen LogP contribution in [0.5, 0.6) is 5.75 Å². The molecular formula is C13H15BrN2O3S2. The van der Waals surface area contributed by atoms with Gasteiger partial charge in [-0.05, 0) is 45.9 Å². The van der Waals surface area contributed by atoms with Gasteiger partial charge < -0.3 is 10.5 Å². The maximum Gasteiger partial charge on any atom is 0.263 e. The zero-order valence-corrected chi connectivity index (χ0v) is 14.7. The Bertz CT molecular complexity index is 757. The molecule has 21 heavy (non-hydrogen) atoms. The third-order valence-electron chi connectivity index (χ3n) is 2.85. The quantitative estimate of drug-likeness (QED) is 0.821. The molecule has 0 saturated carbocycles. The first-order chi connectivity index (χ1) is 9.89. The highest BCUT2D eigenvalue weighted by Crippen LogP contribution is 2.31. The topological polar surface area (TPSA) is 81.4 Å². The number of anilines is 1. The molecule has 0 bridgehead atoms. The summed E-state index contributed by atoms with van der Waals surface area (Å²) in [5, 5.41) is 1.79. The number of nitrogens with two attached hydrogens (primary N) is 1. The Morgan fingerprint density at radius 3 is 2.76 bits per heavy atom. The van der Waals surface area contributed by atoms with Crippen LogP contribution in [0, 0.1) is 6.92 Å². The molecule has 2 rings (SSSR count). The number of methoxy groups -OCH3 is 1. The standard InChI is InChI=1S/C13H15BrN2O3S2/c1-8-7-20-12(6-15)13(8)21(17,18)16-9-3-4-10(14)11(5-9)19-2/h3-5,7,16H,6,15H2,1-2H3. The van der Waals surface area contributed by atoms with E-state index < -0.39 is 10.0 Å². The van der Waals surface area contributed by atoms with E-state index in [-0.39, 0.29) is 11.4 Å². The van der Waals surface area contributed by atoms with Gasteiger partial charge in [0.25, 0.3) is 10.0 Å². The zero-order chi connectivity index (χ0) is 15.6. The molecule has 1 aromatic carbocycles. The average molecular weight is 391 g/mol. The molecule has 0 aliphatic rings. The van der Waals surface area contributed by atoms with E-state index in [0.29, 0.717) is 21.9 Å². The number of thiophene rings is 1. The highest BCUT2D eigenvalue weighted by molar-refractivity contribution is 9.10. The summed E-state index contributed by atoms with van der Waals surface area (Å²) >= 11 is 4.67. The van der Waals surface area contributed by atoms with Gasteiger partial charge in [-0.25, -0.2) is 8.42 Å². The Kier molecular flexibility index (Phi) is 4.92. The van der Waals surface area contributed by atoms with Gasteiger partial charge in [-0.2, -0.15) is 0 Å². The van der Waals surface area contributed by atoms with E-state index in [4.69, 9.17) is 10.5 Å². The van der Waals surface area contributed by atoms with Crippen LogP contribution in [0.3, 0.4) is 0 Å². The molecular weight excluding hydrogens is 376 g/mol. The normalized spacial score (nSPS) is 11.4. The predicted octanol–water partition coefficient (Wildman–Crippen LogP) is 3.09. The molecule has 5 nitrogen and oxygen atoms in total. The molecule has 0 saturated heterocycles. The predicted molar refractivity (Wildman–Crippen MR) is 88.4 cm³/mol. The van der Waals surface area contributed by atoms with Gasteiger partial charge in [0.1, 0.15) is 10.6 Å². The lowest BCUT2D eigenvalue weighted by atomic mass is 10.3. The number of hydrogen-bond acceptors (Lipinski definition) is 5. The van der Waals surface area contributed by atoms with Gasteiger partial charge in [0.05, 0.1) is 17.3 Å². The summed E-state index contributed by atoms with van der Waals surface area (Å²) in [6, 6.07) is 5.00. The number of benzene rings is 1. The van der Waals surface area contributed by atoms with Crippen molar-refractivity contribution in [2.75, 3.05) is 11.8 Å². The van der Waals surface area contributed by atoms with Gasteiger partial charge in [0, 0.05) is 17.5 Å². The molecule has 114 valence electrons. The fourth-order valence-electron chi connectivity index (χ4n) is 1.92. The largest absolute Gasteiger partial charge is 0.495 e. The minimum absolute atomic E-state index is 0.193. The number of hydrogen-bond donors (Lipinski definition) is 2. The van der Waals surface area contributed by atoms with Crippen molar-refractivity contribution in [3.8, 4) is 5.75 Å². The molecule has 0 spiro atoms. The van der Waals surface area contributed by atoms with Crippen molar-refractivity contribution in [3.63, 3.8) is 0 Å². The lowest BCUT2D eigenvalue weighted by Gasteiger charge is -2.11. The molecule has 1 heterocycles. The molecule has 1 aromatic heterocycles. The van der Waals surface area contributed by atoms with E-state index >= 15 is 0 Å². The molecule has 3 N–H and O–H groups in total. The van der Waals surface area contributed by atoms with Crippen LogP contribution in [0.15, 0.2) is 32.9 Å². The maximum atomic E-state index is 12.5. The first-order valence-corrected chi connectivity index (χ1v) is 9.18. The molecule has 2 aromatic rings. The van der Waals surface area contributed by atoms with E-state index in [1.807, 2.05) is 0 Å². The smallest absolute Gasteiger partial charge is 0.263 e. The van der Waals surface area contributed by atoms with E-state index in [2.05, 4.69) is 20.7 Å². The maximum absolute atomic E-state index is 12.5. The second-order valence-corrected chi connectivity index (χ2v) is 7.77. The van der Waals surface area contributed by atoms with Crippen molar-refractivity contribution in [2.45, 2.75) is 18.4 Å². The van der Waals surface area contributed by atoms with E-state index in [9.17, 15) is 8.42 Å². The van der Waals surface area contributed by atoms with E-state index in [1.54, 1.807) is 30.5 Å². The number of nitrogens with one attached hydrogen (secondary N) is 1. The summed E-state index contributed by atoms with van der Waals surface area (Å²) in [5.74, 6) is 0.552. The number of ether oxygens (including phenoxy) is 1. The van der Waals surface area contributed by atoms with Crippen LogP contribution >= 0.6 is 27.3 Å². The number of aryl methyl sites for hydroxylation is 1. The summed E-state index contributed by atoms with van der Waals surface area (Å²) in [5.41, 5.74) is 6.74. The Hall–Kier alpha value is -1.09. The number of sulfonamides is 1. The first kappa shape index (κ1) is 16.3. The van der Waals surface area contributed by atoms with Crippen LogP contribution in [-0.2, 0) is 16.6 Å². The molecule has 0 radical (unpaired) electrons. The fraction of sp³-hybridized carbons (Fsp3) is 0.231. The minimum Gasteiger partial charge on any atom is -0.495 e. The Labute approximate surface area is 136 Å². The molecule has 0 aliphatic carbocycles. The molecule has 8 heteroatoms. The third kappa shape index (κ3) is 3.39. The summed E-state index contributed by atoms with van der Waals surface area (Å²) in [7, 11) is -2.15. The monoisotopic (exact) mass is 390 g/mol. The first-order valence-electron chi connectivity index (χ1n) is 6.02. The van der Waals surface area contributed by atoms with E-state index in [0.717, 1.165) is 4.47 Å². The van der Waals surface area contributed by atoms with Gasteiger partial charge in [-0.3, -0.25) is 4.72 Å².